The molecule has 1 aromatic rings. The Morgan fingerprint density at radius 3 is 2.84 bits per heavy atom. The van der Waals surface area contributed by atoms with Crippen molar-refractivity contribution in [3.05, 3.63) is 34.4 Å². The van der Waals surface area contributed by atoms with E-state index in [1.807, 2.05) is 11.5 Å². The van der Waals surface area contributed by atoms with Crippen molar-refractivity contribution in [3.63, 3.8) is 0 Å². The van der Waals surface area contributed by atoms with Crippen molar-refractivity contribution in [1.82, 2.24) is 4.90 Å². The number of ether oxygens (including phenoxy) is 2. The van der Waals surface area contributed by atoms with Crippen LogP contribution < -0.4 is 4.74 Å². The van der Waals surface area contributed by atoms with Crippen LogP contribution in [0, 0.1) is 0 Å². The zero-order valence-corrected chi connectivity index (χ0v) is 11.6. The summed E-state index contributed by atoms with van der Waals surface area (Å²) in [6.07, 6.45) is 1.94. The maximum absolute atomic E-state index is 11.6. The predicted molar refractivity (Wildman–Crippen MR) is 74.5 cm³/mol. The number of hydrogen-bond donors (Lipinski definition) is 0. The molecule has 1 saturated heterocycles. The molecule has 0 aliphatic carbocycles. The molecule has 3 rings (SSSR count). The van der Waals surface area contributed by atoms with Crippen LogP contribution in [-0.2, 0) is 4.74 Å². The molecule has 3 heterocycles. The van der Waals surface area contributed by atoms with Gasteiger partial charge in [-0.25, -0.2) is 0 Å². The largest absolute Gasteiger partial charge is 0.439 e. The molecular weight excluding hydrogens is 262 g/mol. The number of carbonyl (C=O) groups is 1. The maximum atomic E-state index is 11.6. The van der Waals surface area contributed by atoms with E-state index in [2.05, 4.69) is 11.5 Å². The van der Waals surface area contributed by atoms with Gasteiger partial charge in [0.2, 0.25) is 0 Å². The average Bonchev–Trinajstić information content (AvgIpc) is 2.84. The maximum Gasteiger partial charge on any atom is 0.196 e. The van der Waals surface area contributed by atoms with Crippen LogP contribution in [0.15, 0.2) is 23.9 Å². The number of rotatable bonds is 2. The molecule has 2 aliphatic heterocycles. The standard InChI is InChI=1S/C14H15NO3S/c1-9-7-12(15-3-5-17-6-4-15)18-13-11(10(2)16)8-19-14(9)13/h7-8H,1,3-6H2,2H3. The lowest BCUT2D eigenvalue weighted by molar-refractivity contribution is 0.0346. The van der Waals surface area contributed by atoms with E-state index in [0.717, 1.165) is 29.4 Å². The molecule has 1 fully saturated rings. The fourth-order valence-electron chi connectivity index (χ4n) is 2.20. The Morgan fingerprint density at radius 2 is 2.16 bits per heavy atom. The molecule has 0 bridgehead atoms. The number of fused-ring (bicyclic) bond motifs is 1. The van der Waals surface area contributed by atoms with Crippen molar-refractivity contribution in [2.75, 3.05) is 26.3 Å². The Labute approximate surface area is 115 Å². The first kappa shape index (κ1) is 12.4. The van der Waals surface area contributed by atoms with Crippen LogP contribution in [0.5, 0.6) is 5.75 Å². The molecule has 1 aromatic heterocycles. The number of thiophene rings is 1. The van der Waals surface area contributed by atoms with Gasteiger partial charge in [0.15, 0.2) is 17.4 Å². The molecule has 0 radical (unpaired) electrons. The molecule has 100 valence electrons. The first-order valence-electron chi connectivity index (χ1n) is 6.21. The minimum absolute atomic E-state index is 0.0218. The van der Waals surface area contributed by atoms with Crippen LogP contribution in [0.25, 0.3) is 5.57 Å². The van der Waals surface area contributed by atoms with Crippen molar-refractivity contribution >= 4 is 22.7 Å². The SMILES string of the molecule is C=C1C=C(N2CCOCC2)Oc2c(C(C)=O)csc21. The molecule has 0 atom stereocenters. The van der Waals surface area contributed by atoms with E-state index in [9.17, 15) is 4.79 Å². The van der Waals surface area contributed by atoms with Gasteiger partial charge in [-0.2, -0.15) is 0 Å². The molecule has 19 heavy (non-hydrogen) atoms. The van der Waals surface area contributed by atoms with Gasteiger partial charge in [0.05, 0.1) is 23.7 Å². The highest BCUT2D eigenvalue weighted by atomic mass is 32.1. The number of hydrogen-bond acceptors (Lipinski definition) is 5. The highest BCUT2D eigenvalue weighted by molar-refractivity contribution is 7.12. The lowest BCUT2D eigenvalue weighted by atomic mass is 10.1. The van der Waals surface area contributed by atoms with Gasteiger partial charge < -0.3 is 14.4 Å². The Bertz CT molecular complexity index is 567. The topological polar surface area (TPSA) is 38.8 Å². The third-order valence-electron chi connectivity index (χ3n) is 3.24. The van der Waals surface area contributed by atoms with Crippen molar-refractivity contribution in [2.45, 2.75) is 6.92 Å². The van der Waals surface area contributed by atoms with Crippen LogP contribution >= 0.6 is 11.3 Å². The zero-order chi connectivity index (χ0) is 13.4. The smallest absolute Gasteiger partial charge is 0.196 e. The molecule has 0 amide bonds. The third kappa shape index (κ3) is 2.19. The van der Waals surface area contributed by atoms with Crippen LogP contribution in [0.2, 0.25) is 0 Å². The number of Topliss-reactive ketones (excluding diaryl/α,β-unsaturated/α-hetero) is 1. The Morgan fingerprint density at radius 1 is 1.42 bits per heavy atom. The van der Waals surface area contributed by atoms with Crippen LogP contribution in [-0.4, -0.2) is 37.0 Å². The summed E-state index contributed by atoms with van der Waals surface area (Å²) >= 11 is 1.50. The van der Waals surface area contributed by atoms with Gasteiger partial charge in [-0.3, -0.25) is 4.79 Å². The molecule has 2 aliphatic rings. The number of allylic oxidation sites excluding steroid dienone is 2. The van der Waals surface area contributed by atoms with Gasteiger partial charge in [-0.1, -0.05) is 6.58 Å². The summed E-state index contributed by atoms with van der Waals surface area (Å²) in [6.45, 7) is 8.61. The predicted octanol–water partition coefficient (Wildman–Crippen LogP) is 2.53. The highest BCUT2D eigenvalue weighted by Gasteiger charge is 2.26. The van der Waals surface area contributed by atoms with Gasteiger partial charge in [0.1, 0.15) is 0 Å². The first-order chi connectivity index (χ1) is 9.16. The van der Waals surface area contributed by atoms with Gasteiger partial charge in [0.25, 0.3) is 0 Å². The van der Waals surface area contributed by atoms with Gasteiger partial charge >= 0.3 is 0 Å². The summed E-state index contributed by atoms with van der Waals surface area (Å²) in [7, 11) is 0. The number of nitrogens with zero attached hydrogens (tertiary/aromatic N) is 1. The van der Waals surface area contributed by atoms with Crippen molar-refractivity contribution in [3.8, 4) is 5.75 Å². The summed E-state index contributed by atoms with van der Waals surface area (Å²) in [5.41, 5.74) is 1.54. The second-order valence-electron chi connectivity index (χ2n) is 4.57. The van der Waals surface area contributed by atoms with Crippen LogP contribution in [0.4, 0.5) is 0 Å². The second-order valence-corrected chi connectivity index (χ2v) is 5.45. The number of ketones is 1. The normalized spacial score (nSPS) is 18.7. The van der Waals surface area contributed by atoms with E-state index in [0.29, 0.717) is 24.5 Å². The lowest BCUT2D eigenvalue weighted by Crippen LogP contribution is -2.37. The van der Waals surface area contributed by atoms with Crippen molar-refractivity contribution in [1.29, 1.82) is 0 Å². The second kappa shape index (κ2) is 4.83. The van der Waals surface area contributed by atoms with E-state index < -0.39 is 0 Å². The zero-order valence-electron chi connectivity index (χ0n) is 10.8. The van der Waals surface area contributed by atoms with Gasteiger partial charge in [-0.15, -0.1) is 11.3 Å². The van der Waals surface area contributed by atoms with E-state index in [4.69, 9.17) is 9.47 Å². The van der Waals surface area contributed by atoms with Crippen molar-refractivity contribution in [2.24, 2.45) is 0 Å². The summed E-state index contributed by atoms with van der Waals surface area (Å²) in [5, 5.41) is 1.84. The molecule has 0 spiro atoms. The Hall–Kier alpha value is -1.59. The summed E-state index contributed by atoms with van der Waals surface area (Å²) in [6, 6.07) is 0. The highest BCUT2D eigenvalue weighted by Crippen LogP contribution is 2.41. The van der Waals surface area contributed by atoms with Crippen LogP contribution in [0.3, 0.4) is 0 Å². The minimum atomic E-state index is 0.0218. The van der Waals surface area contributed by atoms with Gasteiger partial charge in [0, 0.05) is 24.5 Å². The van der Waals surface area contributed by atoms with E-state index in [1.165, 1.54) is 11.3 Å². The molecular formula is C14H15NO3S. The molecule has 0 N–H and O–H groups in total. The fourth-order valence-corrected chi connectivity index (χ4v) is 3.18. The molecule has 4 nitrogen and oxygen atoms in total. The summed E-state index contributed by atoms with van der Waals surface area (Å²) < 4.78 is 11.3. The van der Waals surface area contributed by atoms with E-state index in [-0.39, 0.29) is 5.78 Å². The monoisotopic (exact) mass is 277 g/mol. The van der Waals surface area contributed by atoms with E-state index in [1.54, 1.807) is 6.92 Å². The first-order valence-corrected chi connectivity index (χ1v) is 7.08. The molecule has 0 unspecified atom stereocenters. The summed E-state index contributed by atoms with van der Waals surface area (Å²) in [4.78, 5) is 14.7. The Balaban J connectivity index is 1.92. The number of carbonyl (C=O) groups excluding carboxylic acids is 1. The Kier molecular flexibility index (Phi) is 3.16. The number of morpholine rings is 1. The quantitative estimate of drug-likeness (QED) is 0.779. The lowest BCUT2D eigenvalue weighted by Gasteiger charge is -2.32. The van der Waals surface area contributed by atoms with Crippen molar-refractivity contribution < 1.29 is 14.3 Å². The fraction of sp³-hybridized carbons (Fsp3) is 0.357. The summed E-state index contributed by atoms with van der Waals surface area (Å²) in [5.74, 6) is 1.45. The average molecular weight is 277 g/mol. The van der Waals surface area contributed by atoms with E-state index >= 15 is 0 Å². The van der Waals surface area contributed by atoms with Gasteiger partial charge in [-0.05, 0) is 12.5 Å². The molecule has 5 heteroatoms. The molecule has 0 saturated carbocycles. The molecule has 0 aromatic carbocycles. The third-order valence-corrected chi connectivity index (χ3v) is 4.28. The van der Waals surface area contributed by atoms with Crippen LogP contribution in [0.1, 0.15) is 22.2 Å². The minimum Gasteiger partial charge on any atom is -0.439 e.